The molecule has 0 bridgehead atoms. The van der Waals surface area contributed by atoms with E-state index >= 15 is 0 Å². The largest absolute Gasteiger partial charge is 0.497 e. The number of pyridine rings is 2. The Bertz CT molecular complexity index is 1140. The Labute approximate surface area is 163 Å². The van der Waals surface area contributed by atoms with Crippen LogP contribution in [0, 0.1) is 5.82 Å². The normalized spacial score (nSPS) is 11.7. The topological polar surface area (TPSA) is 104 Å². The summed E-state index contributed by atoms with van der Waals surface area (Å²) in [5, 5.41) is -0.240. The predicted molar refractivity (Wildman–Crippen MR) is 94.8 cm³/mol. The molecule has 29 heavy (non-hydrogen) atoms. The number of rotatable bonds is 8. The van der Waals surface area contributed by atoms with Gasteiger partial charge in [0.2, 0.25) is 5.88 Å². The van der Waals surface area contributed by atoms with E-state index in [1.54, 1.807) is 0 Å². The number of nitrogens with one attached hydrogen (secondary N) is 1. The molecule has 0 amide bonds. The van der Waals surface area contributed by atoms with Crippen LogP contribution >= 0.6 is 0 Å². The summed E-state index contributed by atoms with van der Waals surface area (Å²) >= 11 is 0. The van der Waals surface area contributed by atoms with Gasteiger partial charge in [-0.3, -0.25) is 9.12 Å². The Morgan fingerprint density at radius 1 is 1.21 bits per heavy atom. The Morgan fingerprint density at radius 3 is 2.62 bits per heavy atom. The fourth-order valence-electron chi connectivity index (χ4n) is 2.39. The van der Waals surface area contributed by atoms with Gasteiger partial charge in [-0.15, -0.1) is 0 Å². The highest BCUT2D eigenvalue weighted by atomic mass is 32.2. The van der Waals surface area contributed by atoms with Crippen molar-refractivity contribution in [2.75, 3.05) is 25.5 Å². The summed E-state index contributed by atoms with van der Waals surface area (Å²) in [5.74, 6) is -1.78. The number of hydrogen-bond acceptors (Lipinski definition) is 7. The molecule has 9 nitrogen and oxygen atoms in total. The summed E-state index contributed by atoms with van der Waals surface area (Å²) in [6.45, 7) is -1.08. The van der Waals surface area contributed by atoms with E-state index in [4.69, 9.17) is 9.47 Å². The summed E-state index contributed by atoms with van der Waals surface area (Å²) < 4.78 is 82.1. The highest BCUT2D eigenvalue weighted by Crippen LogP contribution is 2.30. The molecule has 13 heteroatoms. The maximum absolute atomic E-state index is 14.1. The molecule has 0 aliphatic rings. The Morgan fingerprint density at radius 2 is 1.97 bits per heavy atom. The number of hydrogen-bond donors (Lipinski definition) is 1. The minimum atomic E-state index is -4.24. The summed E-state index contributed by atoms with van der Waals surface area (Å²) in [5.41, 5.74) is -0.0467. The SMILES string of the molecule is COc1ccn2c(S(=O)(=O)Nc3cc(F)c(OCC(F)F)nc3OC)cnc2c1. The van der Waals surface area contributed by atoms with Crippen molar-refractivity contribution in [2.24, 2.45) is 0 Å². The molecule has 0 fully saturated rings. The molecule has 0 saturated heterocycles. The van der Waals surface area contributed by atoms with Crippen LogP contribution in [-0.4, -0.2) is 50.0 Å². The zero-order valence-electron chi connectivity index (χ0n) is 15.1. The second-order valence-electron chi connectivity index (χ2n) is 5.53. The number of anilines is 1. The van der Waals surface area contributed by atoms with Gasteiger partial charge in [-0.05, 0) is 6.07 Å². The molecule has 0 radical (unpaired) electrons. The van der Waals surface area contributed by atoms with Crippen LogP contribution in [0.1, 0.15) is 0 Å². The molecule has 0 unspecified atom stereocenters. The smallest absolute Gasteiger partial charge is 0.279 e. The lowest BCUT2D eigenvalue weighted by Gasteiger charge is -2.13. The van der Waals surface area contributed by atoms with E-state index in [0.717, 1.165) is 19.4 Å². The maximum atomic E-state index is 14.1. The molecular formula is C16H15F3N4O5S. The van der Waals surface area contributed by atoms with Crippen LogP contribution in [0.2, 0.25) is 0 Å². The van der Waals surface area contributed by atoms with Crippen LogP contribution in [0.15, 0.2) is 35.6 Å². The molecule has 0 atom stereocenters. The second kappa shape index (κ2) is 8.03. The number of methoxy groups -OCH3 is 2. The summed E-state index contributed by atoms with van der Waals surface area (Å²) in [7, 11) is -1.64. The van der Waals surface area contributed by atoms with Crippen LogP contribution in [0.5, 0.6) is 17.5 Å². The van der Waals surface area contributed by atoms with Crippen molar-refractivity contribution in [3.63, 3.8) is 0 Å². The van der Waals surface area contributed by atoms with Crippen molar-refractivity contribution in [1.29, 1.82) is 0 Å². The van der Waals surface area contributed by atoms with Gasteiger partial charge in [0.1, 0.15) is 17.1 Å². The predicted octanol–water partition coefficient (Wildman–Crippen LogP) is 2.33. The molecule has 0 spiro atoms. The number of nitrogens with zero attached hydrogens (tertiary/aromatic N) is 3. The molecule has 1 N–H and O–H groups in total. The van der Waals surface area contributed by atoms with E-state index < -0.39 is 34.8 Å². The van der Waals surface area contributed by atoms with Crippen LogP contribution in [-0.2, 0) is 10.0 Å². The van der Waals surface area contributed by atoms with Gasteiger partial charge in [-0.1, -0.05) is 0 Å². The molecule has 3 rings (SSSR count). The van der Waals surface area contributed by atoms with E-state index in [9.17, 15) is 21.6 Å². The van der Waals surface area contributed by atoms with Crippen molar-refractivity contribution >= 4 is 21.4 Å². The minimum Gasteiger partial charge on any atom is -0.497 e. The first-order valence-corrected chi connectivity index (χ1v) is 9.43. The first-order chi connectivity index (χ1) is 13.7. The third kappa shape index (κ3) is 4.29. The number of ether oxygens (including phenoxy) is 3. The number of imidazole rings is 1. The molecule has 0 aliphatic heterocycles. The monoisotopic (exact) mass is 432 g/mol. The Kier molecular flexibility index (Phi) is 5.68. The van der Waals surface area contributed by atoms with Crippen molar-refractivity contribution in [3.8, 4) is 17.5 Å². The van der Waals surface area contributed by atoms with Crippen LogP contribution < -0.4 is 18.9 Å². The standard InChI is InChI=1S/C16H15F3N4O5S/c1-26-9-3-4-23-13(5-9)20-7-14(23)29(24,25)22-11-6-10(17)15(21-16(11)27-2)28-8-12(18)19/h3-7,12,22H,8H2,1-2H3. The first-order valence-electron chi connectivity index (χ1n) is 7.94. The van der Waals surface area contributed by atoms with Gasteiger partial charge in [0.15, 0.2) is 17.5 Å². The average Bonchev–Trinajstić information content (AvgIpc) is 3.11. The highest BCUT2D eigenvalue weighted by Gasteiger charge is 2.24. The van der Waals surface area contributed by atoms with Gasteiger partial charge in [0, 0.05) is 18.3 Å². The molecule has 0 saturated carbocycles. The maximum Gasteiger partial charge on any atom is 0.279 e. The van der Waals surface area contributed by atoms with E-state index in [1.165, 1.54) is 29.8 Å². The molecule has 0 aromatic carbocycles. The lowest BCUT2D eigenvalue weighted by Crippen LogP contribution is -2.17. The van der Waals surface area contributed by atoms with Gasteiger partial charge >= 0.3 is 0 Å². The molecule has 3 aromatic rings. The van der Waals surface area contributed by atoms with Crippen LogP contribution in [0.25, 0.3) is 5.65 Å². The van der Waals surface area contributed by atoms with E-state index in [1.807, 2.05) is 0 Å². The van der Waals surface area contributed by atoms with Crippen molar-refractivity contribution in [3.05, 3.63) is 36.4 Å². The lowest BCUT2D eigenvalue weighted by atomic mass is 10.4. The third-order valence-electron chi connectivity index (χ3n) is 3.65. The number of alkyl halides is 2. The minimum absolute atomic E-state index is 0.240. The Hall–Kier alpha value is -3.22. The fraction of sp³-hybridized carbons (Fsp3) is 0.250. The zero-order valence-corrected chi connectivity index (χ0v) is 15.9. The third-order valence-corrected chi connectivity index (χ3v) is 5.00. The van der Waals surface area contributed by atoms with Crippen molar-refractivity contribution in [2.45, 2.75) is 11.5 Å². The lowest BCUT2D eigenvalue weighted by molar-refractivity contribution is 0.0770. The quantitative estimate of drug-likeness (QED) is 0.583. The molecule has 156 valence electrons. The van der Waals surface area contributed by atoms with Gasteiger partial charge in [-0.2, -0.15) is 13.4 Å². The van der Waals surface area contributed by atoms with E-state index in [2.05, 4.69) is 19.4 Å². The average molecular weight is 432 g/mol. The fourth-order valence-corrected chi connectivity index (χ4v) is 3.53. The molecule has 3 heterocycles. The van der Waals surface area contributed by atoms with Crippen molar-refractivity contribution in [1.82, 2.24) is 14.4 Å². The summed E-state index contributed by atoms with van der Waals surface area (Å²) in [6.07, 6.45) is -0.297. The van der Waals surface area contributed by atoms with E-state index in [-0.39, 0.29) is 16.6 Å². The van der Waals surface area contributed by atoms with Gasteiger partial charge in [0.05, 0.1) is 20.4 Å². The molecular weight excluding hydrogens is 417 g/mol. The molecule has 0 aliphatic carbocycles. The second-order valence-corrected chi connectivity index (χ2v) is 7.16. The van der Waals surface area contributed by atoms with Crippen LogP contribution in [0.4, 0.5) is 18.9 Å². The summed E-state index contributed by atoms with van der Waals surface area (Å²) in [4.78, 5) is 7.60. The zero-order chi connectivity index (χ0) is 21.2. The summed E-state index contributed by atoms with van der Waals surface area (Å²) in [6, 6.07) is 3.77. The van der Waals surface area contributed by atoms with Gasteiger partial charge < -0.3 is 14.2 Å². The molecule has 3 aromatic heterocycles. The van der Waals surface area contributed by atoms with E-state index in [0.29, 0.717) is 11.4 Å². The van der Waals surface area contributed by atoms with Gasteiger partial charge in [-0.25, -0.2) is 18.2 Å². The van der Waals surface area contributed by atoms with Crippen molar-refractivity contribution < 1.29 is 35.8 Å². The highest BCUT2D eigenvalue weighted by molar-refractivity contribution is 7.92. The van der Waals surface area contributed by atoms with Crippen LogP contribution in [0.3, 0.4) is 0 Å². The number of sulfonamides is 1. The Balaban J connectivity index is 1.95. The number of aromatic nitrogens is 3. The first kappa shape index (κ1) is 20.5. The number of fused-ring (bicyclic) bond motifs is 1. The number of halogens is 3. The van der Waals surface area contributed by atoms with Gasteiger partial charge in [0.25, 0.3) is 22.3 Å².